The van der Waals surface area contributed by atoms with E-state index in [0.29, 0.717) is 23.8 Å². The highest BCUT2D eigenvalue weighted by molar-refractivity contribution is 7.99. The van der Waals surface area contributed by atoms with Crippen LogP contribution in [-0.4, -0.2) is 26.8 Å². The lowest BCUT2D eigenvalue weighted by molar-refractivity contribution is -0.121. The van der Waals surface area contributed by atoms with Gasteiger partial charge in [0.1, 0.15) is 11.6 Å². The van der Waals surface area contributed by atoms with Gasteiger partial charge in [-0.1, -0.05) is 23.9 Å². The van der Waals surface area contributed by atoms with Crippen LogP contribution in [0.5, 0.6) is 0 Å². The van der Waals surface area contributed by atoms with Crippen molar-refractivity contribution in [1.82, 2.24) is 20.5 Å². The summed E-state index contributed by atoms with van der Waals surface area (Å²) in [6.45, 7) is 1.83. The molecule has 5 nitrogen and oxygen atoms in total. The number of fused-ring (bicyclic) bond motifs is 1. The van der Waals surface area contributed by atoms with Crippen molar-refractivity contribution in [1.29, 1.82) is 0 Å². The number of nitrogens with one attached hydrogen (secondary N) is 2. The van der Waals surface area contributed by atoms with Crippen molar-refractivity contribution >= 4 is 17.7 Å². The summed E-state index contributed by atoms with van der Waals surface area (Å²) < 4.78 is 13.7. The molecule has 1 heterocycles. The molecule has 1 aromatic carbocycles. The van der Waals surface area contributed by atoms with E-state index < -0.39 is 0 Å². The number of rotatable bonds is 5. The van der Waals surface area contributed by atoms with Crippen molar-refractivity contribution in [3.8, 4) is 0 Å². The van der Waals surface area contributed by atoms with Crippen molar-refractivity contribution in [2.24, 2.45) is 0 Å². The Morgan fingerprint density at radius 3 is 3.18 bits per heavy atom. The van der Waals surface area contributed by atoms with Crippen molar-refractivity contribution in [3.05, 3.63) is 41.0 Å². The van der Waals surface area contributed by atoms with Crippen molar-refractivity contribution < 1.29 is 9.18 Å². The molecule has 0 radical (unpaired) electrons. The number of thioether (sulfide) groups is 1. The van der Waals surface area contributed by atoms with E-state index in [1.165, 1.54) is 17.8 Å². The number of benzene rings is 1. The summed E-state index contributed by atoms with van der Waals surface area (Å²) in [6, 6.07) is 4.98. The van der Waals surface area contributed by atoms with E-state index in [1.54, 1.807) is 6.07 Å². The molecule has 0 fully saturated rings. The van der Waals surface area contributed by atoms with E-state index in [-0.39, 0.29) is 17.8 Å². The molecule has 0 bridgehead atoms. The molecule has 7 heteroatoms. The first-order valence-corrected chi connectivity index (χ1v) is 8.20. The number of amides is 1. The van der Waals surface area contributed by atoms with Crippen LogP contribution in [0.2, 0.25) is 0 Å². The van der Waals surface area contributed by atoms with Gasteiger partial charge in [0.25, 0.3) is 0 Å². The second-order valence-corrected chi connectivity index (χ2v) is 6.33. The maximum atomic E-state index is 13.7. The van der Waals surface area contributed by atoms with Gasteiger partial charge in [-0.2, -0.15) is 0 Å². The number of carbonyl (C=O) groups is 1. The molecular weight excluding hydrogens is 303 g/mol. The van der Waals surface area contributed by atoms with E-state index in [2.05, 4.69) is 20.5 Å². The molecule has 0 saturated carbocycles. The molecule has 0 spiro atoms. The van der Waals surface area contributed by atoms with Gasteiger partial charge in [0, 0.05) is 12.2 Å². The zero-order valence-electron chi connectivity index (χ0n) is 12.2. The minimum Gasteiger partial charge on any atom is -0.349 e. The quantitative estimate of drug-likeness (QED) is 0.831. The molecule has 3 rings (SSSR count). The summed E-state index contributed by atoms with van der Waals surface area (Å²) in [4.78, 5) is 16.2. The first kappa shape index (κ1) is 15.0. The molecule has 2 N–H and O–H groups in total. The molecule has 1 unspecified atom stereocenters. The summed E-state index contributed by atoms with van der Waals surface area (Å²) in [5.74, 6) is 1.18. The number of aromatic amines is 1. The molecule has 0 aliphatic heterocycles. The Morgan fingerprint density at radius 2 is 2.41 bits per heavy atom. The third kappa shape index (κ3) is 3.30. The van der Waals surface area contributed by atoms with Gasteiger partial charge in [-0.3, -0.25) is 9.89 Å². The zero-order chi connectivity index (χ0) is 15.5. The van der Waals surface area contributed by atoms with Crippen LogP contribution in [0.3, 0.4) is 0 Å². The SMILES string of the molecule is Cc1nc(SCCC(=O)NC2CCc3c(F)cccc32)n[nH]1. The number of halogens is 1. The first-order valence-electron chi connectivity index (χ1n) is 7.22. The second-order valence-electron chi connectivity index (χ2n) is 5.27. The Kier molecular flexibility index (Phi) is 4.42. The number of hydrogen-bond donors (Lipinski definition) is 2. The normalized spacial score (nSPS) is 16.5. The van der Waals surface area contributed by atoms with Crippen molar-refractivity contribution in [2.45, 2.75) is 37.4 Å². The van der Waals surface area contributed by atoms with E-state index in [9.17, 15) is 9.18 Å². The topological polar surface area (TPSA) is 70.7 Å². The molecule has 1 aromatic heterocycles. The van der Waals surface area contributed by atoms with Gasteiger partial charge in [-0.15, -0.1) is 5.10 Å². The smallest absolute Gasteiger partial charge is 0.221 e. The van der Waals surface area contributed by atoms with Gasteiger partial charge in [-0.25, -0.2) is 9.37 Å². The summed E-state index contributed by atoms with van der Waals surface area (Å²) in [5, 5.41) is 10.4. The van der Waals surface area contributed by atoms with E-state index in [4.69, 9.17) is 0 Å². The van der Waals surface area contributed by atoms with Crippen molar-refractivity contribution in [2.75, 3.05) is 5.75 Å². The van der Waals surface area contributed by atoms with E-state index >= 15 is 0 Å². The number of carbonyl (C=O) groups excluding carboxylic acids is 1. The number of aromatic nitrogens is 3. The van der Waals surface area contributed by atoms with Gasteiger partial charge in [0.2, 0.25) is 11.1 Å². The molecular formula is C15H17FN4OS. The van der Waals surface area contributed by atoms with E-state index in [0.717, 1.165) is 23.4 Å². The number of nitrogens with zero attached hydrogens (tertiary/aromatic N) is 2. The highest BCUT2D eigenvalue weighted by Gasteiger charge is 2.25. The molecule has 22 heavy (non-hydrogen) atoms. The maximum absolute atomic E-state index is 13.7. The summed E-state index contributed by atoms with van der Waals surface area (Å²) in [6.07, 6.45) is 1.83. The Morgan fingerprint density at radius 1 is 1.55 bits per heavy atom. The summed E-state index contributed by atoms with van der Waals surface area (Å²) >= 11 is 1.44. The minimum atomic E-state index is -0.176. The zero-order valence-corrected chi connectivity index (χ0v) is 13.0. The largest absolute Gasteiger partial charge is 0.349 e. The lowest BCUT2D eigenvalue weighted by atomic mass is 10.1. The Bertz CT molecular complexity index is 688. The summed E-state index contributed by atoms with van der Waals surface area (Å²) in [5.41, 5.74) is 1.64. The third-order valence-electron chi connectivity index (χ3n) is 3.69. The lowest BCUT2D eigenvalue weighted by Gasteiger charge is -2.14. The van der Waals surface area contributed by atoms with E-state index in [1.807, 2.05) is 13.0 Å². The van der Waals surface area contributed by atoms with Crippen LogP contribution in [0.1, 0.15) is 35.8 Å². The average Bonchev–Trinajstić information content (AvgIpc) is 3.07. The summed E-state index contributed by atoms with van der Waals surface area (Å²) in [7, 11) is 0. The molecule has 116 valence electrons. The third-order valence-corrected chi connectivity index (χ3v) is 4.53. The number of H-pyrrole nitrogens is 1. The molecule has 2 aromatic rings. The molecule has 1 aliphatic rings. The van der Waals surface area contributed by atoms with Crippen LogP contribution < -0.4 is 5.32 Å². The first-order chi connectivity index (χ1) is 10.6. The fraction of sp³-hybridized carbons (Fsp3) is 0.400. The van der Waals surface area contributed by atoms with Crippen LogP contribution in [0.25, 0.3) is 0 Å². The number of aryl methyl sites for hydroxylation is 1. The molecule has 1 amide bonds. The Hall–Kier alpha value is -1.89. The van der Waals surface area contributed by atoms with Gasteiger partial charge in [-0.05, 0) is 37.0 Å². The van der Waals surface area contributed by atoms with Crippen LogP contribution in [0.15, 0.2) is 23.4 Å². The van der Waals surface area contributed by atoms with Gasteiger partial charge >= 0.3 is 0 Å². The maximum Gasteiger partial charge on any atom is 0.221 e. The molecule has 1 aliphatic carbocycles. The van der Waals surface area contributed by atoms with Crippen LogP contribution in [0, 0.1) is 12.7 Å². The van der Waals surface area contributed by atoms with Crippen LogP contribution in [-0.2, 0) is 11.2 Å². The Balaban J connectivity index is 1.50. The Labute approximate surface area is 132 Å². The molecule has 0 saturated heterocycles. The van der Waals surface area contributed by atoms with Gasteiger partial charge in [0.15, 0.2) is 0 Å². The highest BCUT2D eigenvalue weighted by Crippen LogP contribution is 2.32. The van der Waals surface area contributed by atoms with Crippen LogP contribution >= 0.6 is 11.8 Å². The standard InChI is InChI=1S/C15H17FN4OS/c1-9-17-15(20-19-9)22-8-7-14(21)18-13-6-5-10-11(13)3-2-4-12(10)16/h2-4,13H,5-8H2,1H3,(H,18,21)(H,17,19,20). The predicted octanol–water partition coefficient (Wildman–Crippen LogP) is 2.54. The fourth-order valence-electron chi connectivity index (χ4n) is 2.65. The van der Waals surface area contributed by atoms with Gasteiger partial charge < -0.3 is 5.32 Å². The lowest BCUT2D eigenvalue weighted by Crippen LogP contribution is -2.27. The fourth-order valence-corrected chi connectivity index (χ4v) is 3.43. The monoisotopic (exact) mass is 320 g/mol. The second kappa shape index (κ2) is 6.48. The van der Waals surface area contributed by atoms with Gasteiger partial charge in [0.05, 0.1) is 6.04 Å². The average molecular weight is 320 g/mol. The minimum absolute atomic E-state index is 0.0260. The van der Waals surface area contributed by atoms with Crippen LogP contribution in [0.4, 0.5) is 4.39 Å². The molecule has 1 atom stereocenters. The predicted molar refractivity (Wildman–Crippen MR) is 82.1 cm³/mol. The number of hydrogen-bond acceptors (Lipinski definition) is 4. The highest BCUT2D eigenvalue weighted by atomic mass is 32.2. The van der Waals surface area contributed by atoms with Crippen molar-refractivity contribution in [3.63, 3.8) is 0 Å².